The lowest BCUT2D eigenvalue weighted by Crippen LogP contribution is -2.01. The fraction of sp³-hybridized carbons (Fsp3) is 0.353. The molecule has 2 rings (SSSR count). The predicted octanol–water partition coefficient (Wildman–Crippen LogP) is 5.06. The number of halogens is 1. The fourth-order valence-electron chi connectivity index (χ4n) is 2.06. The Hall–Kier alpha value is -1.75. The maximum Gasteiger partial charge on any atom is 0.207 e. The van der Waals surface area contributed by atoms with Crippen LogP contribution in [-0.4, -0.2) is 10.8 Å². The van der Waals surface area contributed by atoms with E-state index in [-0.39, 0.29) is 11.3 Å². The van der Waals surface area contributed by atoms with Gasteiger partial charge in [-0.1, -0.05) is 56.1 Å². The molecule has 0 saturated heterocycles. The molecule has 1 aromatic carbocycles. The van der Waals surface area contributed by atoms with Crippen molar-refractivity contribution in [1.82, 2.24) is 4.98 Å². The summed E-state index contributed by atoms with van der Waals surface area (Å²) in [6.07, 6.45) is 7.31. The standard InChI is InChI=1S/C17H20FN2OS/c1-2-3-4-5-8-11-19-17-20-12-15(22-17)16(21)13-9-6-7-10-14(13)18/h6-7,9-12H,2-5,8H2,1H3,(H,19,20). The van der Waals surface area contributed by atoms with Crippen LogP contribution in [0.1, 0.15) is 54.3 Å². The third-order valence-corrected chi connectivity index (χ3v) is 4.20. The van der Waals surface area contributed by atoms with Gasteiger partial charge in [0.15, 0.2) is 5.13 Å². The van der Waals surface area contributed by atoms with Gasteiger partial charge in [0.1, 0.15) is 5.82 Å². The van der Waals surface area contributed by atoms with Gasteiger partial charge in [-0.25, -0.2) is 9.37 Å². The molecule has 0 aliphatic carbocycles. The van der Waals surface area contributed by atoms with E-state index in [1.54, 1.807) is 12.1 Å². The summed E-state index contributed by atoms with van der Waals surface area (Å²) in [7, 11) is 0. The van der Waals surface area contributed by atoms with E-state index in [4.69, 9.17) is 0 Å². The van der Waals surface area contributed by atoms with Gasteiger partial charge < -0.3 is 5.32 Å². The quantitative estimate of drug-likeness (QED) is 0.519. The Balaban J connectivity index is 1.86. The number of unbranched alkanes of at least 4 members (excludes halogenated alkanes) is 4. The van der Waals surface area contributed by atoms with Gasteiger partial charge in [0.05, 0.1) is 16.6 Å². The van der Waals surface area contributed by atoms with Crippen molar-refractivity contribution in [3.05, 3.63) is 53.3 Å². The number of carbonyl (C=O) groups is 1. The molecule has 0 spiro atoms. The molecule has 0 amide bonds. The van der Waals surface area contributed by atoms with Crippen molar-refractivity contribution in [2.75, 3.05) is 5.32 Å². The first-order chi connectivity index (χ1) is 10.7. The second kappa shape index (κ2) is 8.63. The first-order valence-electron chi connectivity index (χ1n) is 7.55. The SMILES string of the molecule is CCCCCC[CH]Nc1ncc(C(=O)c2ccccc2F)s1. The van der Waals surface area contributed by atoms with Crippen LogP contribution in [0.4, 0.5) is 9.52 Å². The number of aromatic nitrogens is 1. The smallest absolute Gasteiger partial charge is 0.207 e. The highest BCUT2D eigenvalue weighted by atomic mass is 32.1. The van der Waals surface area contributed by atoms with Crippen LogP contribution in [0.15, 0.2) is 30.5 Å². The van der Waals surface area contributed by atoms with Crippen LogP contribution >= 0.6 is 11.3 Å². The number of nitrogens with one attached hydrogen (secondary N) is 1. The van der Waals surface area contributed by atoms with Crippen LogP contribution in [0.3, 0.4) is 0 Å². The van der Waals surface area contributed by atoms with Crippen molar-refractivity contribution in [2.24, 2.45) is 0 Å². The average molecular weight is 319 g/mol. The van der Waals surface area contributed by atoms with Crippen LogP contribution in [0.25, 0.3) is 0 Å². The molecule has 0 saturated carbocycles. The maximum atomic E-state index is 13.6. The zero-order chi connectivity index (χ0) is 15.8. The summed E-state index contributed by atoms with van der Waals surface area (Å²) in [4.78, 5) is 16.8. The summed E-state index contributed by atoms with van der Waals surface area (Å²) in [5.74, 6) is -0.829. The normalized spacial score (nSPS) is 10.6. The van der Waals surface area contributed by atoms with Crippen molar-refractivity contribution < 1.29 is 9.18 Å². The Morgan fingerprint density at radius 1 is 1.32 bits per heavy atom. The number of rotatable bonds is 9. The molecule has 0 atom stereocenters. The number of hydrogen-bond donors (Lipinski definition) is 1. The third kappa shape index (κ3) is 4.63. The molecular weight excluding hydrogens is 299 g/mol. The van der Waals surface area contributed by atoms with E-state index in [0.29, 0.717) is 10.0 Å². The molecular formula is C17H20FN2OS. The Labute approximate surface area is 134 Å². The minimum Gasteiger partial charge on any atom is -0.357 e. The lowest BCUT2D eigenvalue weighted by atomic mass is 10.1. The Morgan fingerprint density at radius 3 is 2.91 bits per heavy atom. The minimum atomic E-state index is -0.502. The van der Waals surface area contributed by atoms with Crippen LogP contribution in [0.5, 0.6) is 0 Å². The van der Waals surface area contributed by atoms with Crippen molar-refractivity contribution in [3.63, 3.8) is 0 Å². The summed E-state index contributed by atoms with van der Waals surface area (Å²) in [5, 5.41) is 3.76. The van der Waals surface area contributed by atoms with Crippen molar-refractivity contribution in [3.8, 4) is 0 Å². The van der Waals surface area contributed by atoms with Gasteiger partial charge in [-0.3, -0.25) is 4.79 Å². The van der Waals surface area contributed by atoms with Crippen molar-refractivity contribution >= 4 is 22.3 Å². The van der Waals surface area contributed by atoms with Gasteiger partial charge >= 0.3 is 0 Å². The number of nitrogens with zero attached hydrogens (tertiary/aromatic N) is 1. The van der Waals surface area contributed by atoms with Gasteiger partial charge in [-0.15, -0.1) is 0 Å². The number of carbonyl (C=O) groups excluding carboxylic acids is 1. The molecule has 0 aliphatic rings. The van der Waals surface area contributed by atoms with Gasteiger partial charge in [-0.05, 0) is 18.6 Å². The molecule has 0 unspecified atom stereocenters. The molecule has 0 bridgehead atoms. The zero-order valence-corrected chi connectivity index (χ0v) is 13.5. The van der Waals surface area contributed by atoms with Gasteiger partial charge in [0, 0.05) is 6.54 Å². The molecule has 1 aromatic heterocycles. The molecule has 1 radical (unpaired) electrons. The highest BCUT2D eigenvalue weighted by molar-refractivity contribution is 7.17. The minimum absolute atomic E-state index is 0.0845. The Kier molecular flexibility index (Phi) is 6.52. The highest BCUT2D eigenvalue weighted by Gasteiger charge is 2.16. The third-order valence-electron chi connectivity index (χ3n) is 3.28. The maximum absolute atomic E-state index is 13.6. The van der Waals surface area contributed by atoms with Gasteiger partial charge in [-0.2, -0.15) is 0 Å². The molecule has 117 valence electrons. The summed E-state index contributed by atoms with van der Waals surface area (Å²) in [6.45, 7) is 4.15. The predicted molar refractivity (Wildman–Crippen MR) is 88.6 cm³/mol. The Bertz CT molecular complexity index is 612. The number of anilines is 1. The molecule has 3 nitrogen and oxygen atoms in total. The van der Waals surface area contributed by atoms with E-state index in [9.17, 15) is 9.18 Å². The molecule has 22 heavy (non-hydrogen) atoms. The second-order valence-corrected chi connectivity index (χ2v) is 6.07. The van der Waals surface area contributed by atoms with Crippen LogP contribution in [-0.2, 0) is 0 Å². The van der Waals surface area contributed by atoms with Crippen LogP contribution in [0.2, 0.25) is 0 Å². The van der Waals surface area contributed by atoms with E-state index in [1.165, 1.54) is 48.9 Å². The van der Waals surface area contributed by atoms with Gasteiger partial charge in [0.25, 0.3) is 0 Å². The van der Waals surface area contributed by atoms with E-state index in [0.717, 1.165) is 12.8 Å². The lowest BCUT2D eigenvalue weighted by Gasteiger charge is -2.01. The average Bonchev–Trinajstić information content (AvgIpc) is 2.99. The van der Waals surface area contributed by atoms with Crippen LogP contribution < -0.4 is 5.32 Å². The first kappa shape index (κ1) is 16.6. The molecule has 5 heteroatoms. The summed E-state index contributed by atoms with van der Waals surface area (Å²) >= 11 is 1.24. The number of ketones is 1. The summed E-state index contributed by atoms with van der Waals surface area (Å²) in [6, 6.07) is 6.00. The van der Waals surface area contributed by atoms with E-state index >= 15 is 0 Å². The second-order valence-electron chi connectivity index (χ2n) is 5.04. The summed E-state index contributed by atoms with van der Waals surface area (Å²) < 4.78 is 13.6. The highest BCUT2D eigenvalue weighted by Crippen LogP contribution is 2.23. The molecule has 2 aromatic rings. The van der Waals surface area contributed by atoms with E-state index < -0.39 is 5.82 Å². The summed E-state index contributed by atoms with van der Waals surface area (Å²) in [5.41, 5.74) is 0.0845. The number of hydrogen-bond acceptors (Lipinski definition) is 4. The molecule has 1 heterocycles. The fourth-order valence-corrected chi connectivity index (χ4v) is 2.82. The monoisotopic (exact) mass is 319 g/mol. The van der Waals surface area contributed by atoms with E-state index in [2.05, 4.69) is 17.2 Å². The van der Waals surface area contributed by atoms with Crippen molar-refractivity contribution in [2.45, 2.75) is 39.0 Å². The number of benzene rings is 1. The first-order valence-corrected chi connectivity index (χ1v) is 8.37. The zero-order valence-electron chi connectivity index (χ0n) is 12.6. The van der Waals surface area contributed by atoms with Crippen molar-refractivity contribution in [1.29, 1.82) is 0 Å². The topological polar surface area (TPSA) is 42.0 Å². The molecule has 0 aliphatic heterocycles. The van der Waals surface area contributed by atoms with Gasteiger partial charge in [0.2, 0.25) is 5.78 Å². The number of thiazole rings is 1. The molecule has 0 fully saturated rings. The van der Waals surface area contributed by atoms with Crippen LogP contribution in [0, 0.1) is 12.4 Å². The molecule has 1 N–H and O–H groups in total. The lowest BCUT2D eigenvalue weighted by molar-refractivity contribution is 0.103. The largest absolute Gasteiger partial charge is 0.357 e. The van der Waals surface area contributed by atoms with E-state index in [1.807, 2.05) is 6.54 Å². The Morgan fingerprint density at radius 2 is 2.14 bits per heavy atom.